The second kappa shape index (κ2) is 6.19. The third kappa shape index (κ3) is 3.87. The lowest BCUT2D eigenvalue weighted by Crippen LogP contribution is -2.41. The molecule has 1 aliphatic heterocycles. The van der Waals surface area contributed by atoms with E-state index in [0.29, 0.717) is 19.0 Å². The molecule has 0 saturated carbocycles. The maximum absolute atomic E-state index is 12.0. The van der Waals surface area contributed by atoms with Crippen LogP contribution in [0.5, 0.6) is 0 Å². The summed E-state index contributed by atoms with van der Waals surface area (Å²) in [6, 6.07) is 0. The van der Waals surface area contributed by atoms with E-state index in [1.807, 2.05) is 6.92 Å². The van der Waals surface area contributed by atoms with Crippen LogP contribution in [0.25, 0.3) is 0 Å². The summed E-state index contributed by atoms with van der Waals surface area (Å²) < 4.78 is 25.4. The largest absolute Gasteiger partial charge is 0.396 e. The molecule has 0 spiro atoms. The lowest BCUT2D eigenvalue weighted by atomic mass is 10.00. The number of hydrogen-bond donors (Lipinski definition) is 1. The summed E-state index contributed by atoms with van der Waals surface area (Å²) in [6.07, 6.45) is 1.51. The van der Waals surface area contributed by atoms with Crippen molar-refractivity contribution in [3.63, 3.8) is 0 Å². The van der Waals surface area contributed by atoms with Crippen LogP contribution in [0.2, 0.25) is 0 Å². The number of piperidine rings is 1. The third-order valence-electron chi connectivity index (χ3n) is 2.98. The Hall–Kier alpha value is 0.160. The Morgan fingerprint density at radius 2 is 2.00 bits per heavy atom. The van der Waals surface area contributed by atoms with Gasteiger partial charge < -0.3 is 5.11 Å². The molecular formula is C10H20ClNO3S. The van der Waals surface area contributed by atoms with Crippen LogP contribution in [0.4, 0.5) is 0 Å². The van der Waals surface area contributed by atoms with Crippen molar-refractivity contribution in [1.82, 2.24) is 4.31 Å². The molecule has 1 N–H and O–H groups in total. The topological polar surface area (TPSA) is 57.6 Å². The number of aliphatic hydroxyl groups excluding tert-OH is 1. The van der Waals surface area contributed by atoms with E-state index < -0.39 is 10.0 Å². The van der Waals surface area contributed by atoms with E-state index in [-0.39, 0.29) is 24.2 Å². The van der Waals surface area contributed by atoms with Crippen LogP contribution < -0.4 is 0 Å². The molecule has 1 aliphatic rings. The molecule has 0 aromatic carbocycles. The quantitative estimate of drug-likeness (QED) is 0.755. The molecule has 1 unspecified atom stereocenters. The van der Waals surface area contributed by atoms with Gasteiger partial charge in [-0.25, -0.2) is 12.7 Å². The first-order valence-corrected chi connectivity index (χ1v) is 7.78. The maximum atomic E-state index is 12.0. The number of halogens is 1. The fourth-order valence-electron chi connectivity index (χ4n) is 1.88. The number of sulfonamides is 1. The standard InChI is InChI=1S/C10H20ClNO3S/c1-9(6-11)8-16(14,15)12-4-2-10(7-13)3-5-12/h9-10,13H,2-8H2,1H3. The van der Waals surface area contributed by atoms with Crippen molar-refractivity contribution in [1.29, 1.82) is 0 Å². The minimum Gasteiger partial charge on any atom is -0.396 e. The highest BCUT2D eigenvalue weighted by molar-refractivity contribution is 7.89. The highest BCUT2D eigenvalue weighted by atomic mass is 35.5. The number of rotatable bonds is 5. The van der Waals surface area contributed by atoms with E-state index in [0.717, 1.165) is 12.8 Å². The van der Waals surface area contributed by atoms with Gasteiger partial charge in [-0.2, -0.15) is 0 Å². The summed E-state index contributed by atoms with van der Waals surface area (Å²) in [7, 11) is -3.16. The summed E-state index contributed by atoms with van der Waals surface area (Å²) in [5.41, 5.74) is 0. The predicted molar refractivity (Wildman–Crippen MR) is 65.1 cm³/mol. The Labute approximate surface area is 103 Å². The zero-order chi connectivity index (χ0) is 12.2. The Bertz CT molecular complexity index is 299. The molecule has 1 saturated heterocycles. The second-order valence-electron chi connectivity index (χ2n) is 4.56. The van der Waals surface area contributed by atoms with Crippen LogP contribution in [-0.4, -0.2) is 49.2 Å². The van der Waals surface area contributed by atoms with E-state index in [9.17, 15) is 8.42 Å². The summed E-state index contributed by atoms with van der Waals surface area (Å²) in [4.78, 5) is 0. The van der Waals surface area contributed by atoms with Crippen LogP contribution in [0.15, 0.2) is 0 Å². The van der Waals surface area contributed by atoms with Crippen molar-refractivity contribution in [2.45, 2.75) is 19.8 Å². The second-order valence-corrected chi connectivity index (χ2v) is 6.89. The molecule has 1 fully saturated rings. The van der Waals surface area contributed by atoms with Gasteiger partial charge in [0.25, 0.3) is 0 Å². The van der Waals surface area contributed by atoms with Gasteiger partial charge in [0.2, 0.25) is 10.0 Å². The van der Waals surface area contributed by atoms with Crippen molar-refractivity contribution >= 4 is 21.6 Å². The summed E-state index contributed by atoms with van der Waals surface area (Å²) in [6.45, 7) is 3.06. The average molecular weight is 270 g/mol. The molecule has 0 radical (unpaired) electrons. The molecule has 1 atom stereocenters. The Balaban J connectivity index is 2.51. The molecule has 0 aromatic rings. The highest BCUT2D eigenvalue weighted by Gasteiger charge is 2.28. The van der Waals surface area contributed by atoms with Crippen molar-refractivity contribution < 1.29 is 13.5 Å². The first kappa shape index (κ1) is 14.2. The minimum absolute atomic E-state index is 0.0118. The van der Waals surface area contributed by atoms with Gasteiger partial charge in [-0.15, -0.1) is 11.6 Å². The van der Waals surface area contributed by atoms with Crippen molar-refractivity contribution in [3.05, 3.63) is 0 Å². The average Bonchev–Trinajstić information content (AvgIpc) is 2.28. The monoisotopic (exact) mass is 269 g/mol. The zero-order valence-electron chi connectivity index (χ0n) is 9.60. The molecule has 0 aromatic heterocycles. The molecule has 6 heteroatoms. The third-order valence-corrected chi connectivity index (χ3v) is 5.65. The van der Waals surface area contributed by atoms with Gasteiger partial charge in [-0.1, -0.05) is 6.92 Å². The molecule has 0 bridgehead atoms. The van der Waals surface area contributed by atoms with Crippen molar-refractivity contribution in [2.24, 2.45) is 11.8 Å². The summed E-state index contributed by atoms with van der Waals surface area (Å²) in [5.74, 6) is 0.742. The number of hydrogen-bond acceptors (Lipinski definition) is 3. The van der Waals surface area contributed by atoms with Gasteiger partial charge in [0.15, 0.2) is 0 Å². The van der Waals surface area contributed by atoms with E-state index >= 15 is 0 Å². The molecule has 16 heavy (non-hydrogen) atoms. The lowest BCUT2D eigenvalue weighted by molar-refractivity contribution is 0.170. The van der Waals surface area contributed by atoms with E-state index in [2.05, 4.69) is 0 Å². The normalized spacial score (nSPS) is 22.2. The van der Waals surface area contributed by atoms with E-state index in [1.165, 1.54) is 4.31 Å². The Morgan fingerprint density at radius 3 is 2.44 bits per heavy atom. The van der Waals surface area contributed by atoms with Crippen molar-refractivity contribution in [3.8, 4) is 0 Å². The van der Waals surface area contributed by atoms with Gasteiger partial charge >= 0.3 is 0 Å². The molecule has 1 heterocycles. The molecule has 0 aliphatic carbocycles. The molecule has 4 nitrogen and oxygen atoms in total. The minimum atomic E-state index is -3.16. The smallest absolute Gasteiger partial charge is 0.214 e. The molecule has 1 rings (SSSR count). The SMILES string of the molecule is CC(CCl)CS(=O)(=O)N1CCC(CO)CC1. The van der Waals surface area contributed by atoms with Crippen molar-refractivity contribution in [2.75, 3.05) is 31.3 Å². The maximum Gasteiger partial charge on any atom is 0.214 e. The van der Waals surface area contributed by atoms with Crippen LogP contribution in [-0.2, 0) is 10.0 Å². The Morgan fingerprint density at radius 1 is 1.44 bits per heavy atom. The fraction of sp³-hybridized carbons (Fsp3) is 1.00. The Kier molecular flexibility index (Phi) is 5.50. The van der Waals surface area contributed by atoms with Gasteiger partial charge in [0.05, 0.1) is 5.75 Å². The first-order chi connectivity index (χ1) is 7.49. The fourth-order valence-corrected chi connectivity index (χ4v) is 3.93. The summed E-state index contributed by atoms with van der Waals surface area (Å²) >= 11 is 5.63. The van der Waals surface area contributed by atoms with Gasteiger partial charge in [0.1, 0.15) is 0 Å². The van der Waals surface area contributed by atoms with Gasteiger partial charge in [-0.3, -0.25) is 0 Å². The zero-order valence-corrected chi connectivity index (χ0v) is 11.2. The van der Waals surface area contributed by atoms with Gasteiger partial charge in [0, 0.05) is 25.6 Å². The van der Waals surface area contributed by atoms with Crippen LogP contribution in [0.1, 0.15) is 19.8 Å². The van der Waals surface area contributed by atoms with Crippen LogP contribution >= 0.6 is 11.6 Å². The lowest BCUT2D eigenvalue weighted by Gasteiger charge is -2.30. The van der Waals surface area contributed by atoms with Gasteiger partial charge in [-0.05, 0) is 24.7 Å². The van der Waals surface area contributed by atoms with E-state index in [1.54, 1.807) is 0 Å². The van der Waals surface area contributed by atoms with Crippen LogP contribution in [0.3, 0.4) is 0 Å². The number of nitrogens with zero attached hydrogens (tertiary/aromatic N) is 1. The molecular weight excluding hydrogens is 250 g/mol. The first-order valence-electron chi connectivity index (χ1n) is 5.64. The molecule has 0 amide bonds. The number of alkyl halides is 1. The highest BCUT2D eigenvalue weighted by Crippen LogP contribution is 2.20. The van der Waals surface area contributed by atoms with E-state index in [4.69, 9.17) is 16.7 Å². The predicted octanol–water partition coefficient (Wildman–Crippen LogP) is 0.895. The molecule has 96 valence electrons. The summed E-state index contributed by atoms with van der Waals surface area (Å²) in [5, 5.41) is 8.98. The van der Waals surface area contributed by atoms with Crippen LogP contribution in [0, 0.1) is 11.8 Å². The number of aliphatic hydroxyl groups is 1.